The summed E-state index contributed by atoms with van der Waals surface area (Å²) in [4.78, 5) is 23.1. The molecule has 0 atom stereocenters. The fourth-order valence-corrected chi connectivity index (χ4v) is 3.84. The number of rotatable bonds is 4. The van der Waals surface area contributed by atoms with Crippen LogP contribution in [0.25, 0.3) is 11.3 Å². The quantitative estimate of drug-likeness (QED) is 0.739. The molecule has 0 unspecified atom stereocenters. The number of hydrogen-bond acceptors (Lipinski definition) is 4. The molecule has 0 aliphatic carbocycles. The van der Waals surface area contributed by atoms with Crippen LogP contribution in [0.2, 0.25) is 0 Å². The zero-order valence-corrected chi connectivity index (χ0v) is 16.0. The predicted octanol–water partition coefficient (Wildman–Crippen LogP) is 3.49. The number of aromatic nitrogens is 2. The van der Waals surface area contributed by atoms with Crippen LogP contribution in [-0.2, 0) is 6.42 Å². The molecule has 4 rings (SSSR count). The zero-order valence-electron chi connectivity index (χ0n) is 16.0. The van der Waals surface area contributed by atoms with Crippen LogP contribution in [0.1, 0.15) is 28.8 Å². The first-order chi connectivity index (χ1) is 14.0. The Labute approximate surface area is 168 Å². The van der Waals surface area contributed by atoms with Crippen molar-refractivity contribution in [1.82, 2.24) is 14.9 Å². The molecule has 0 saturated carbocycles. The minimum absolute atomic E-state index is 0.0768. The van der Waals surface area contributed by atoms with Crippen molar-refractivity contribution >= 4 is 5.91 Å². The SMILES string of the molecule is O=C(c1ccccc1-c1ccncn1)N1CCC(O)(Cc2cccc(F)c2)CC1. The molecule has 1 aliphatic heterocycles. The molecular formula is C23H22FN3O2. The number of benzene rings is 2. The Bertz CT molecular complexity index is 1000. The standard InChI is InChI=1S/C23H22FN3O2/c24-18-5-3-4-17(14-18)15-23(29)9-12-27(13-10-23)22(28)20-7-2-1-6-19(20)21-8-11-25-16-26-21/h1-8,11,14,16,29H,9-10,12-13,15H2. The van der Waals surface area contributed by atoms with Gasteiger partial charge in [-0.25, -0.2) is 14.4 Å². The first-order valence-electron chi connectivity index (χ1n) is 9.66. The van der Waals surface area contributed by atoms with E-state index in [2.05, 4.69) is 9.97 Å². The van der Waals surface area contributed by atoms with Crippen molar-refractivity contribution in [3.63, 3.8) is 0 Å². The monoisotopic (exact) mass is 391 g/mol. The Hall–Kier alpha value is -3.12. The molecule has 0 bridgehead atoms. The summed E-state index contributed by atoms with van der Waals surface area (Å²) in [6, 6.07) is 15.5. The van der Waals surface area contributed by atoms with Gasteiger partial charge in [0.2, 0.25) is 0 Å². The minimum Gasteiger partial charge on any atom is -0.389 e. The number of likely N-dealkylation sites (tertiary alicyclic amines) is 1. The van der Waals surface area contributed by atoms with Crippen LogP contribution in [0.15, 0.2) is 67.1 Å². The molecule has 1 aliphatic rings. The Morgan fingerprint density at radius 2 is 1.90 bits per heavy atom. The molecule has 5 nitrogen and oxygen atoms in total. The van der Waals surface area contributed by atoms with E-state index in [9.17, 15) is 14.3 Å². The van der Waals surface area contributed by atoms with E-state index in [0.29, 0.717) is 43.6 Å². The van der Waals surface area contributed by atoms with E-state index in [1.54, 1.807) is 29.3 Å². The number of nitrogens with zero attached hydrogens (tertiary/aromatic N) is 3. The van der Waals surface area contributed by atoms with Crippen LogP contribution in [0.4, 0.5) is 4.39 Å². The van der Waals surface area contributed by atoms with Gasteiger partial charge in [0.25, 0.3) is 5.91 Å². The first kappa shape index (κ1) is 19.2. The average molecular weight is 391 g/mol. The summed E-state index contributed by atoms with van der Waals surface area (Å²) in [5.74, 6) is -0.382. The lowest BCUT2D eigenvalue weighted by atomic mass is 9.85. The fraction of sp³-hybridized carbons (Fsp3) is 0.261. The summed E-state index contributed by atoms with van der Waals surface area (Å²) >= 11 is 0. The number of piperidine rings is 1. The lowest BCUT2D eigenvalue weighted by Gasteiger charge is -2.38. The number of hydrogen-bond donors (Lipinski definition) is 1. The maximum absolute atomic E-state index is 13.4. The fourth-order valence-electron chi connectivity index (χ4n) is 3.84. The molecule has 1 amide bonds. The van der Waals surface area contributed by atoms with Gasteiger partial charge in [0.1, 0.15) is 12.1 Å². The lowest BCUT2D eigenvalue weighted by Crippen LogP contribution is -2.47. The van der Waals surface area contributed by atoms with Crippen molar-refractivity contribution in [2.45, 2.75) is 24.9 Å². The van der Waals surface area contributed by atoms with Crippen LogP contribution < -0.4 is 0 Å². The van der Waals surface area contributed by atoms with Crippen molar-refractivity contribution in [1.29, 1.82) is 0 Å². The molecule has 1 N–H and O–H groups in total. The molecule has 3 aromatic rings. The van der Waals surface area contributed by atoms with Crippen molar-refractivity contribution in [3.05, 3.63) is 84.1 Å². The Morgan fingerprint density at radius 1 is 1.10 bits per heavy atom. The van der Waals surface area contributed by atoms with Crippen molar-refractivity contribution in [2.75, 3.05) is 13.1 Å². The van der Waals surface area contributed by atoms with Crippen LogP contribution in [-0.4, -0.2) is 44.6 Å². The molecular weight excluding hydrogens is 369 g/mol. The van der Waals surface area contributed by atoms with Crippen LogP contribution >= 0.6 is 0 Å². The van der Waals surface area contributed by atoms with Gasteiger partial charge in [-0.15, -0.1) is 0 Å². The van der Waals surface area contributed by atoms with E-state index >= 15 is 0 Å². The molecule has 148 valence electrons. The smallest absolute Gasteiger partial charge is 0.254 e. The van der Waals surface area contributed by atoms with Gasteiger partial charge in [-0.1, -0.05) is 30.3 Å². The molecule has 1 fully saturated rings. The van der Waals surface area contributed by atoms with E-state index in [0.717, 1.165) is 11.1 Å². The van der Waals surface area contributed by atoms with Gasteiger partial charge in [0, 0.05) is 36.8 Å². The highest BCUT2D eigenvalue weighted by Gasteiger charge is 2.34. The number of carbonyl (C=O) groups is 1. The second-order valence-corrected chi connectivity index (χ2v) is 7.46. The molecule has 2 aromatic carbocycles. The summed E-state index contributed by atoms with van der Waals surface area (Å²) in [5.41, 5.74) is 1.88. The summed E-state index contributed by atoms with van der Waals surface area (Å²) in [6.45, 7) is 0.894. The highest BCUT2D eigenvalue weighted by molar-refractivity contribution is 6.00. The number of amides is 1. The Morgan fingerprint density at radius 3 is 2.62 bits per heavy atom. The van der Waals surface area contributed by atoms with E-state index in [1.807, 2.05) is 24.3 Å². The van der Waals surface area contributed by atoms with Crippen molar-refractivity contribution < 1.29 is 14.3 Å². The van der Waals surface area contributed by atoms with Crippen molar-refractivity contribution in [2.24, 2.45) is 0 Å². The first-order valence-corrected chi connectivity index (χ1v) is 9.66. The minimum atomic E-state index is -0.934. The summed E-state index contributed by atoms with van der Waals surface area (Å²) < 4.78 is 13.4. The number of aliphatic hydroxyl groups is 1. The molecule has 1 aromatic heterocycles. The molecule has 1 saturated heterocycles. The van der Waals surface area contributed by atoms with E-state index in [1.165, 1.54) is 18.5 Å². The third kappa shape index (κ3) is 4.32. The van der Waals surface area contributed by atoms with E-state index in [4.69, 9.17) is 0 Å². The molecule has 29 heavy (non-hydrogen) atoms. The highest BCUT2D eigenvalue weighted by atomic mass is 19.1. The number of carbonyl (C=O) groups excluding carboxylic acids is 1. The van der Waals surface area contributed by atoms with Gasteiger partial charge in [-0.05, 0) is 42.7 Å². The topological polar surface area (TPSA) is 66.3 Å². The van der Waals surface area contributed by atoms with Crippen LogP contribution in [0, 0.1) is 5.82 Å². The zero-order chi connectivity index (χ0) is 20.3. The van der Waals surface area contributed by atoms with Gasteiger partial charge in [-0.2, -0.15) is 0 Å². The molecule has 6 heteroatoms. The molecule has 0 spiro atoms. The second-order valence-electron chi connectivity index (χ2n) is 7.46. The lowest BCUT2D eigenvalue weighted by molar-refractivity contribution is -0.0162. The third-order valence-electron chi connectivity index (χ3n) is 5.42. The van der Waals surface area contributed by atoms with Crippen molar-refractivity contribution in [3.8, 4) is 11.3 Å². The largest absolute Gasteiger partial charge is 0.389 e. The van der Waals surface area contributed by atoms with Gasteiger partial charge < -0.3 is 10.0 Å². The van der Waals surface area contributed by atoms with E-state index in [-0.39, 0.29) is 11.7 Å². The van der Waals surface area contributed by atoms with Gasteiger partial charge in [0.15, 0.2) is 0 Å². The number of halogens is 1. The van der Waals surface area contributed by atoms with Crippen LogP contribution in [0.5, 0.6) is 0 Å². The normalized spacial score (nSPS) is 15.9. The maximum Gasteiger partial charge on any atom is 0.254 e. The van der Waals surface area contributed by atoms with Gasteiger partial charge in [0.05, 0.1) is 11.3 Å². The van der Waals surface area contributed by atoms with E-state index < -0.39 is 5.60 Å². The predicted molar refractivity (Wildman–Crippen MR) is 108 cm³/mol. The Kier molecular flexibility index (Phi) is 5.36. The van der Waals surface area contributed by atoms with Gasteiger partial charge in [-0.3, -0.25) is 4.79 Å². The average Bonchev–Trinajstić information content (AvgIpc) is 2.74. The van der Waals surface area contributed by atoms with Crippen LogP contribution in [0.3, 0.4) is 0 Å². The van der Waals surface area contributed by atoms with Gasteiger partial charge >= 0.3 is 0 Å². The highest BCUT2D eigenvalue weighted by Crippen LogP contribution is 2.29. The summed E-state index contributed by atoms with van der Waals surface area (Å²) in [7, 11) is 0. The molecule has 0 radical (unpaired) electrons. The maximum atomic E-state index is 13.4. The summed E-state index contributed by atoms with van der Waals surface area (Å²) in [5, 5.41) is 10.9. The molecule has 2 heterocycles. The summed E-state index contributed by atoms with van der Waals surface area (Å²) in [6.07, 6.45) is 4.39. The second kappa shape index (κ2) is 8.09. The third-order valence-corrected chi connectivity index (χ3v) is 5.42. The Balaban J connectivity index is 1.47.